The first-order chi connectivity index (χ1) is 6.79. The molecule has 1 saturated heterocycles. The summed E-state index contributed by atoms with van der Waals surface area (Å²) in [6, 6.07) is 0. The van der Waals surface area contributed by atoms with E-state index in [2.05, 4.69) is 5.32 Å². The van der Waals surface area contributed by atoms with Crippen molar-refractivity contribution >= 4 is 5.91 Å². The predicted molar refractivity (Wildman–Crippen MR) is 54.9 cm³/mol. The van der Waals surface area contributed by atoms with Crippen LogP contribution < -0.4 is 5.32 Å². The van der Waals surface area contributed by atoms with E-state index < -0.39 is 0 Å². The van der Waals surface area contributed by atoms with Crippen molar-refractivity contribution in [1.82, 2.24) is 10.2 Å². The van der Waals surface area contributed by atoms with Gasteiger partial charge in [0.25, 0.3) is 0 Å². The number of hydrogen-bond donors (Lipinski definition) is 2. The molecule has 1 fully saturated rings. The highest BCUT2D eigenvalue weighted by atomic mass is 16.3. The number of nitrogens with one attached hydrogen (secondary N) is 1. The molecule has 0 aromatic heterocycles. The van der Waals surface area contributed by atoms with Gasteiger partial charge in [-0.3, -0.25) is 4.79 Å². The van der Waals surface area contributed by atoms with Crippen LogP contribution in [-0.2, 0) is 4.79 Å². The molecule has 4 heteroatoms. The highest BCUT2D eigenvalue weighted by molar-refractivity contribution is 5.79. The number of piperidine rings is 1. The van der Waals surface area contributed by atoms with Crippen LogP contribution >= 0.6 is 0 Å². The molecule has 14 heavy (non-hydrogen) atoms. The zero-order valence-electron chi connectivity index (χ0n) is 8.83. The van der Waals surface area contributed by atoms with Crippen molar-refractivity contribution in [2.24, 2.45) is 5.92 Å². The van der Waals surface area contributed by atoms with E-state index in [1.165, 1.54) is 0 Å². The van der Waals surface area contributed by atoms with Gasteiger partial charge in [-0.05, 0) is 26.3 Å². The van der Waals surface area contributed by atoms with Gasteiger partial charge in [-0.2, -0.15) is 0 Å². The Kier molecular flexibility index (Phi) is 4.90. The molecule has 0 aromatic rings. The summed E-state index contributed by atoms with van der Waals surface area (Å²) in [5.41, 5.74) is 0. The molecule has 0 aliphatic carbocycles. The fraction of sp³-hybridized carbons (Fsp3) is 0.900. The molecule has 0 spiro atoms. The van der Waals surface area contributed by atoms with Gasteiger partial charge >= 0.3 is 0 Å². The third-order valence-electron chi connectivity index (χ3n) is 2.71. The summed E-state index contributed by atoms with van der Waals surface area (Å²) in [6.45, 7) is 4.97. The minimum atomic E-state index is 0.0553. The fourth-order valence-electron chi connectivity index (χ4n) is 1.87. The Hall–Kier alpha value is -0.610. The van der Waals surface area contributed by atoms with E-state index in [0.717, 1.165) is 25.9 Å². The summed E-state index contributed by atoms with van der Waals surface area (Å²) in [5.74, 6) is 0.309. The third-order valence-corrected chi connectivity index (χ3v) is 2.71. The number of likely N-dealkylation sites (N-methyl/N-ethyl adjacent to an activating group) is 1. The molecule has 1 aliphatic rings. The maximum atomic E-state index is 11.9. The molecule has 2 N–H and O–H groups in total. The highest BCUT2D eigenvalue weighted by Crippen LogP contribution is 2.12. The Labute approximate surface area is 85.3 Å². The van der Waals surface area contributed by atoms with Gasteiger partial charge in [-0.1, -0.05) is 0 Å². The lowest BCUT2D eigenvalue weighted by molar-refractivity contribution is -0.136. The summed E-state index contributed by atoms with van der Waals surface area (Å²) >= 11 is 0. The molecule has 0 saturated carbocycles. The monoisotopic (exact) mass is 200 g/mol. The summed E-state index contributed by atoms with van der Waals surface area (Å²) in [6.07, 6.45) is 2.06. The van der Waals surface area contributed by atoms with Gasteiger partial charge < -0.3 is 15.3 Å². The lowest BCUT2D eigenvalue weighted by Gasteiger charge is -2.28. The SMILES string of the molecule is CCN(CCO)C(=O)[C@H]1CCCNC1. The fourth-order valence-corrected chi connectivity index (χ4v) is 1.87. The van der Waals surface area contributed by atoms with Crippen molar-refractivity contribution in [3.63, 3.8) is 0 Å². The zero-order chi connectivity index (χ0) is 10.4. The van der Waals surface area contributed by atoms with Crippen LogP contribution in [0.5, 0.6) is 0 Å². The second-order valence-electron chi connectivity index (χ2n) is 3.68. The number of aliphatic hydroxyl groups is 1. The summed E-state index contributed by atoms with van der Waals surface area (Å²) < 4.78 is 0. The first-order valence-corrected chi connectivity index (χ1v) is 5.40. The minimum absolute atomic E-state index is 0.0553. The number of hydrogen-bond acceptors (Lipinski definition) is 3. The zero-order valence-corrected chi connectivity index (χ0v) is 8.83. The van der Waals surface area contributed by atoms with Crippen LogP contribution in [0.15, 0.2) is 0 Å². The largest absolute Gasteiger partial charge is 0.395 e. The third kappa shape index (κ3) is 2.96. The van der Waals surface area contributed by atoms with Crippen molar-refractivity contribution in [3.05, 3.63) is 0 Å². The Morgan fingerprint density at radius 3 is 2.93 bits per heavy atom. The van der Waals surface area contributed by atoms with E-state index in [1.54, 1.807) is 4.90 Å². The standard InChI is InChI=1S/C10H20N2O2/c1-2-12(6-7-13)10(14)9-4-3-5-11-8-9/h9,11,13H,2-8H2,1H3/t9-/m0/s1. The molecule has 4 nitrogen and oxygen atoms in total. The van der Waals surface area contributed by atoms with E-state index in [-0.39, 0.29) is 18.4 Å². The number of amides is 1. The molecule has 0 aromatic carbocycles. The quantitative estimate of drug-likeness (QED) is 0.662. The van der Waals surface area contributed by atoms with Crippen molar-refractivity contribution in [3.8, 4) is 0 Å². The smallest absolute Gasteiger partial charge is 0.227 e. The average molecular weight is 200 g/mol. The number of carbonyl (C=O) groups excluding carboxylic acids is 1. The predicted octanol–water partition coefficient (Wildman–Crippen LogP) is -0.173. The molecule has 0 bridgehead atoms. The van der Waals surface area contributed by atoms with Gasteiger partial charge in [0, 0.05) is 19.6 Å². The minimum Gasteiger partial charge on any atom is -0.395 e. The van der Waals surface area contributed by atoms with Crippen molar-refractivity contribution in [2.75, 3.05) is 32.8 Å². The first-order valence-electron chi connectivity index (χ1n) is 5.40. The maximum absolute atomic E-state index is 11.9. The molecule has 1 aliphatic heterocycles. The van der Waals surface area contributed by atoms with Crippen molar-refractivity contribution < 1.29 is 9.90 Å². The van der Waals surface area contributed by atoms with Crippen LogP contribution in [0.3, 0.4) is 0 Å². The lowest BCUT2D eigenvalue weighted by Crippen LogP contribution is -2.43. The summed E-state index contributed by atoms with van der Waals surface area (Å²) in [5, 5.41) is 12.0. The second kappa shape index (κ2) is 5.98. The molecular weight excluding hydrogens is 180 g/mol. The number of rotatable bonds is 4. The Morgan fingerprint density at radius 1 is 1.64 bits per heavy atom. The van der Waals surface area contributed by atoms with Crippen LogP contribution in [0.25, 0.3) is 0 Å². The molecule has 1 amide bonds. The van der Waals surface area contributed by atoms with Gasteiger partial charge in [-0.25, -0.2) is 0 Å². The maximum Gasteiger partial charge on any atom is 0.227 e. The number of carbonyl (C=O) groups is 1. The molecule has 1 heterocycles. The average Bonchev–Trinajstić information content (AvgIpc) is 2.26. The van der Waals surface area contributed by atoms with E-state index in [1.807, 2.05) is 6.92 Å². The van der Waals surface area contributed by atoms with E-state index in [0.29, 0.717) is 13.1 Å². The van der Waals surface area contributed by atoms with Crippen LogP contribution in [-0.4, -0.2) is 48.7 Å². The molecule has 82 valence electrons. The van der Waals surface area contributed by atoms with Gasteiger partial charge in [0.2, 0.25) is 5.91 Å². The van der Waals surface area contributed by atoms with Crippen LogP contribution in [0.1, 0.15) is 19.8 Å². The number of nitrogens with zero attached hydrogens (tertiary/aromatic N) is 1. The van der Waals surface area contributed by atoms with Crippen molar-refractivity contribution in [2.45, 2.75) is 19.8 Å². The van der Waals surface area contributed by atoms with Crippen LogP contribution in [0.4, 0.5) is 0 Å². The summed E-state index contributed by atoms with van der Waals surface area (Å²) in [7, 11) is 0. The topological polar surface area (TPSA) is 52.6 Å². The van der Waals surface area contributed by atoms with Gasteiger partial charge in [0.1, 0.15) is 0 Å². The second-order valence-corrected chi connectivity index (χ2v) is 3.68. The van der Waals surface area contributed by atoms with Gasteiger partial charge in [0.15, 0.2) is 0 Å². The van der Waals surface area contributed by atoms with Crippen molar-refractivity contribution in [1.29, 1.82) is 0 Å². The Morgan fingerprint density at radius 2 is 2.43 bits per heavy atom. The van der Waals surface area contributed by atoms with E-state index in [9.17, 15) is 4.79 Å². The Balaban J connectivity index is 2.43. The van der Waals surface area contributed by atoms with E-state index in [4.69, 9.17) is 5.11 Å². The Bertz CT molecular complexity index is 172. The normalized spacial score (nSPS) is 22.0. The van der Waals surface area contributed by atoms with Crippen LogP contribution in [0.2, 0.25) is 0 Å². The molecule has 1 rings (SSSR count). The van der Waals surface area contributed by atoms with Gasteiger partial charge in [0.05, 0.1) is 12.5 Å². The molecular formula is C10H20N2O2. The van der Waals surface area contributed by atoms with Crippen LogP contribution in [0, 0.1) is 5.92 Å². The molecule has 0 radical (unpaired) electrons. The highest BCUT2D eigenvalue weighted by Gasteiger charge is 2.24. The lowest BCUT2D eigenvalue weighted by atomic mass is 9.98. The number of aliphatic hydroxyl groups excluding tert-OH is 1. The molecule has 1 atom stereocenters. The van der Waals surface area contributed by atoms with Gasteiger partial charge in [-0.15, -0.1) is 0 Å². The first kappa shape index (κ1) is 11.5. The molecule has 0 unspecified atom stereocenters. The summed E-state index contributed by atoms with van der Waals surface area (Å²) in [4.78, 5) is 13.6. The van der Waals surface area contributed by atoms with E-state index >= 15 is 0 Å².